The zero-order valence-electron chi connectivity index (χ0n) is 11.5. The second-order valence-electron chi connectivity index (χ2n) is 4.66. The number of carbonyl (C=O) groups excluding carboxylic acids is 2. The summed E-state index contributed by atoms with van der Waals surface area (Å²) in [6, 6.07) is 3.74. The summed E-state index contributed by atoms with van der Waals surface area (Å²) < 4.78 is 0. The molecule has 2 N–H and O–H groups in total. The van der Waals surface area contributed by atoms with Crippen molar-refractivity contribution in [3.8, 4) is 0 Å². The molecule has 0 aromatic carbocycles. The molecule has 2 heterocycles. The molecule has 0 unspecified atom stereocenters. The standard InChI is InChI=1S/C13H17N5O2/c1-18(2)12-9(4-3-7-14-12)8-15-13(20)10-5-6-11(19)17-16-10/h3-4,7H,5-6,8H2,1-2H3,(H,15,20)(H,17,19). The number of hydrazone groups is 1. The number of amides is 2. The molecule has 2 rings (SSSR count). The van der Waals surface area contributed by atoms with Crippen LogP contribution >= 0.6 is 0 Å². The van der Waals surface area contributed by atoms with E-state index in [1.807, 2.05) is 31.1 Å². The first-order valence-electron chi connectivity index (χ1n) is 6.32. The summed E-state index contributed by atoms with van der Waals surface area (Å²) in [6.45, 7) is 0.368. The molecule has 106 valence electrons. The van der Waals surface area contributed by atoms with Crippen LogP contribution in [-0.2, 0) is 16.1 Å². The quantitative estimate of drug-likeness (QED) is 0.811. The van der Waals surface area contributed by atoms with E-state index in [1.54, 1.807) is 6.20 Å². The number of rotatable bonds is 4. The third-order valence-corrected chi connectivity index (χ3v) is 2.90. The Labute approximate surface area is 117 Å². The highest BCUT2D eigenvalue weighted by Gasteiger charge is 2.18. The van der Waals surface area contributed by atoms with Crippen LogP contribution < -0.4 is 15.6 Å². The Hall–Kier alpha value is -2.44. The fourth-order valence-electron chi connectivity index (χ4n) is 1.89. The first-order chi connectivity index (χ1) is 9.58. The summed E-state index contributed by atoms with van der Waals surface area (Å²) in [4.78, 5) is 29.1. The maximum atomic E-state index is 11.9. The maximum Gasteiger partial charge on any atom is 0.267 e. The lowest BCUT2D eigenvalue weighted by Gasteiger charge is -2.16. The monoisotopic (exact) mass is 275 g/mol. The average molecular weight is 275 g/mol. The number of nitrogens with one attached hydrogen (secondary N) is 2. The molecule has 20 heavy (non-hydrogen) atoms. The zero-order valence-corrected chi connectivity index (χ0v) is 11.5. The van der Waals surface area contributed by atoms with Gasteiger partial charge in [0.2, 0.25) is 5.91 Å². The lowest BCUT2D eigenvalue weighted by atomic mass is 10.1. The highest BCUT2D eigenvalue weighted by molar-refractivity contribution is 6.39. The van der Waals surface area contributed by atoms with Crippen LogP contribution in [0.1, 0.15) is 18.4 Å². The van der Waals surface area contributed by atoms with Gasteiger partial charge in [0.25, 0.3) is 5.91 Å². The number of hydrogen-bond donors (Lipinski definition) is 2. The van der Waals surface area contributed by atoms with Gasteiger partial charge in [-0.2, -0.15) is 5.10 Å². The van der Waals surface area contributed by atoms with E-state index in [1.165, 1.54) is 0 Å². The lowest BCUT2D eigenvalue weighted by Crippen LogP contribution is -2.36. The van der Waals surface area contributed by atoms with Crippen LogP contribution in [0.25, 0.3) is 0 Å². The summed E-state index contributed by atoms with van der Waals surface area (Å²) in [7, 11) is 3.79. The van der Waals surface area contributed by atoms with E-state index in [0.717, 1.165) is 11.4 Å². The third kappa shape index (κ3) is 3.31. The summed E-state index contributed by atoms with van der Waals surface area (Å²) >= 11 is 0. The molecule has 1 aliphatic heterocycles. The number of carbonyl (C=O) groups is 2. The molecule has 0 aliphatic carbocycles. The van der Waals surface area contributed by atoms with Gasteiger partial charge < -0.3 is 10.2 Å². The van der Waals surface area contributed by atoms with Crippen LogP contribution in [-0.4, -0.2) is 36.6 Å². The lowest BCUT2D eigenvalue weighted by molar-refractivity contribution is -0.121. The molecule has 0 fully saturated rings. The van der Waals surface area contributed by atoms with E-state index < -0.39 is 0 Å². The molecule has 7 nitrogen and oxygen atoms in total. The van der Waals surface area contributed by atoms with Crippen molar-refractivity contribution in [1.82, 2.24) is 15.7 Å². The summed E-state index contributed by atoms with van der Waals surface area (Å²) in [5.41, 5.74) is 3.58. The fourth-order valence-corrected chi connectivity index (χ4v) is 1.89. The van der Waals surface area contributed by atoms with Gasteiger partial charge in [-0.05, 0) is 6.07 Å². The molecule has 1 aromatic heterocycles. The van der Waals surface area contributed by atoms with Gasteiger partial charge in [-0.15, -0.1) is 0 Å². The van der Waals surface area contributed by atoms with Crippen molar-refractivity contribution in [3.05, 3.63) is 23.9 Å². The normalized spacial score (nSPS) is 14.3. The molecule has 1 aliphatic rings. The Balaban J connectivity index is 1.99. The molecule has 0 saturated carbocycles. The highest BCUT2D eigenvalue weighted by atomic mass is 16.2. The number of pyridine rings is 1. The minimum atomic E-state index is -0.265. The Kier molecular flexibility index (Phi) is 4.29. The van der Waals surface area contributed by atoms with Crippen LogP contribution in [0.2, 0.25) is 0 Å². The number of nitrogens with zero attached hydrogens (tertiary/aromatic N) is 3. The van der Waals surface area contributed by atoms with Crippen LogP contribution in [0, 0.1) is 0 Å². The number of hydrogen-bond acceptors (Lipinski definition) is 5. The molecule has 0 radical (unpaired) electrons. The van der Waals surface area contributed by atoms with Crippen molar-refractivity contribution in [2.45, 2.75) is 19.4 Å². The Morgan fingerprint density at radius 3 is 2.90 bits per heavy atom. The Morgan fingerprint density at radius 2 is 2.25 bits per heavy atom. The van der Waals surface area contributed by atoms with E-state index in [-0.39, 0.29) is 11.8 Å². The fraction of sp³-hybridized carbons (Fsp3) is 0.385. The minimum absolute atomic E-state index is 0.163. The van der Waals surface area contributed by atoms with Gasteiger partial charge in [-0.1, -0.05) is 6.07 Å². The smallest absolute Gasteiger partial charge is 0.267 e. The van der Waals surface area contributed by atoms with E-state index in [2.05, 4.69) is 20.8 Å². The van der Waals surface area contributed by atoms with Crippen LogP contribution in [0.3, 0.4) is 0 Å². The molecule has 0 atom stereocenters. The van der Waals surface area contributed by atoms with Crippen LogP contribution in [0.4, 0.5) is 5.82 Å². The summed E-state index contributed by atoms with van der Waals surface area (Å²) in [5, 5.41) is 6.55. The predicted octanol–water partition coefficient (Wildman–Crippen LogP) is 0.0298. The minimum Gasteiger partial charge on any atom is -0.362 e. The van der Waals surface area contributed by atoms with Gasteiger partial charge in [-0.3, -0.25) is 9.59 Å². The third-order valence-electron chi connectivity index (χ3n) is 2.90. The van der Waals surface area contributed by atoms with Gasteiger partial charge in [0, 0.05) is 45.2 Å². The van der Waals surface area contributed by atoms with E-state index in [0.29, 0.717) is 25.1 Å². The van der Waals surface area contributed by atoms with Gasteiger partial charge in [-0.25, -0.2) is 10.4 Å². The van der Waals surface area contributed by atoms with Gasteiger partial charge in [0.15, 0.2) is 0 Å². The first-order valence-corrected chi connectivity index (χ1v) is 6.32. The van der Waals surface area contributed by atoms with Gasteiger partial charge in [0.1, 0.15) is 11.5 Å². The average Bonchev–Trinajstić information content (AvgIpc) is 2.45. The van der Waals surface area contributed by atoms with Crippen molar-refractivity contribution < 1.29 is 9.59 Å². The Morgan fingerprint density at radius 1 is 1.45 bits per heavy atom. The Bertz CT molecular complexity index is 553. The van der Waals surface area contributed by atoms with E-state index in [4.69, 9.17) is 0 Å². The molecule has 7 heteroatoms. The topological polar surface area (TPSA) is 86.7 Å². The molecular weight excluding hydrogens is 258 g/mol. The van der Waals surface area contributed by atoms with Gasteiger partial charge in [0.05, 0.1) is 0 Å². The highest BCUT2D eigenvalue weighted by Crippen LogP contribution is 2.13. The van der Waals surface area contributed by atoms with Crippen molar-refractivity contribution in [2.24, 2.45) is 5.10 Å². The van der Waals surface area contributed by atoms with Crippen molar-refractivity contribution in [2.75, 3.05) is 19.0 Å². The molecule has 0 bridgehead atoms. The summed E-state index contributed by atoms with van der Waals surface area (Å²) in [6.07, 6.45) is 2.37. The van der Waals surface area contributed by atoms with Crippen molar-refractivity contribution in [1.29, 1.82) is 0 Å². The second-order valence-corrected chi connectivity index (χ2v) is 4.66. The summed E-state index contributed by atoms with van der Waals surface area (Å²) in [5.74, 6) is 0.383. The predicted molar refractivity (Wildman–Crippen MR) is 75.2 cm³/mol. The van der Waals surface area contributed by atoms with E-state index in [9.17, 15) is 9.59 Å². The number of anilines is 1. The van der Waals surface area contributed by atoms with Crippen LogP contribution in [0.5, 0.6) is 0 Å². The van der Waals surface area contributed by atoms with Crippen molar-refractivity contribution in [3.63, 3.8) is 0 Å². The molecule has 1 aromatic rings. The van der Waals surface area contributed by atoms with E-state index >= 15 is 0 Å². The number of aromatic nitrogens is 1. The molecule has 0 saturated heterocycles. The second kappa shape index (κ2) is 6.14. The maximum absolute atomic E-state index is 11.9. The SMILES string of the molecule is CN(C)c1ncccc1CNC(=O)C1=NNC(=O)CC1. The molecular formula is C13H17N5O2. The van der Waals surface area contributed by atoms with Crippen LogP contribution in [0.15, 0.2) is 23.4 Å². The molecule has 0 spiro atoms. The first kappa shape index (κ1) is 14.0. The molecule has 2 amide bonds. The zero-order chi connectivity index (χ0) is 14.5. The largest absolute Gasteiger partial charge is 0.362 e. The van der Waals surface area contributed by atoms with Gasteiger partial charge >= 0.3 is 0 Å². The van der Waals surface area contributed by atoms with Crippen molar-refractivity contribution >= 4 is 23.3 Å².